The van der Waals surface area contributed by atoms with Gasteiger partial charge in [0.15, 0.2) is 5.16 Å². The molecule has 2 aromatic heterocycles. The molecule has 0 amide bonds. The highest BCUT2D eigenvalue weighted by atomic mass is 32.2. The second kappa shape index (κ2) is 7.74. The molecule has 2 aromatic rings. The van der Waals surface area contributed by atoms with Crippen LogP contribution in [0.25, 0.3) is 0 Å². The van der Waals surface area contributed by atoms with Crippen LogP contribution in [-0.2, 0) is 9.53 Å². The van der Waals surface area contributed by atoms with Crippen molar-refractivity contribution in [3.63, 3.8) is 0 Å². The summed E-state index contributed by atoms with van der Waals surface area (Å²) in [5.74, 6) is 0.208. The quantitative estimate of drug-likeness (QED) is 0.473. The van der Waals surface area contributed by atoms with E-state index in [1.807, 2.05) is 13.0 Å². The average molecular weight is 372 g/mol. The molecular weight excluding hydrogens is 352 g/mol. The zero-order valence-corrected chi connectivity index (χ0v) is 15.6. The van der Waals surface area contributed by atoms with Gasteiger partial charge in [-0.25, -0.2) is 9.78 Å². The van der Waals surface area contributed by atoms with Crippen molar-refractivity contribution in [1.82, 2.24) is 15.0 Å². The van der Waals surface area contributed by atoms with Crippen molar-refractivity contribution in [3.05, 3.63) is 57.3 Å². The zero-order chi connectivity index (χ0) is 18.7. The van der Waals surface area contributed by atoms with E-state index in [4.69, 9.17) is 4.74 Å². The van der Waals surface area contributed by atoms with Crippen LogP contribution in [0, 0.1) is 0 Å². The summed E-state index contributed by atoms with van der Waals surface area (Å²) in [5, 5.41) is 3.65. The van der Waals surface area contributed by atoms with Crippen molar-refractivity contribution in [2.75, 3.05) is 17.7 Å². The number of nitrogens with zero attached hydrogens (tertiary/aromatic N) is 2. The van der Waals surface area contributed by atoms with E-state index in [2.05, 4.69) is 20.3 Å². The summed E-state index contributed by atoms with van der Waals surface area (Å²) in [7, 11) is 0. The first-order chi connectivity index (χ1) is 12.6. The molecule has 7 nitrogen and oxygen atoms in total. The molecule has 0 aliphatic carbocycles. The fraction of sp³-hybridized carbons (Fsp3) is 0.333. The molecule has 0 fully saturated rings. The molecule has 3 rings (SSSR count). The van der Waals surface area contributed by atoms with Crippen molar-refractivity contribution in [1.29, 1.82) is 0 Å². The minimum absolute atomic E-state index is 0.253. The number of hydrogen-bond donors (Lipinski definition) is 2. The molecule has 0 bridgehead atoms. The smallest absolute Gasteiger partial charge is 0.336 e. The second-order valence-corrected chi connectivity index (χ2v) is 6.92. The lowest BCUT2D eigenvalue weighted by Gasteiger charge is -2.28. The summed E-state index contributed by atoms with van der Waals surface area (Å²) in [4.78, 5) is 36.9. The molecular formula is C18H20N4O3S. The number of anilines is 1. The van der Waals surface area contributed by atoms with E-state index >= 15 is 0 Å². The Balaban J connectivity index is 2.22. The van der Waals surface area contributed by atoms with Gasteiger partial charge >= 0.3 is 5.97 Å². The summed E-state index contributed by atoms with van der Waals surface area (Å²) >= 11 is 1.45. The van der Waals surface area contributed by atoms with Gasteiger partial charge in [0.05, 0.1) is 23.7 Å². The van der Waals surface area contributed by atoms with Gasteiger partial charge in [0.1, 0.15) is 5.82 Å². The lowest BCUT2D eigenvalue weighted by atomic mass is 9.83. The van der Waals surface area contributed by atoms with Crippen LogP contribution in [0.4, 0.5) is 5.82 Å². The molecule has 0 spiro atoms. The van der Waals surface area contributed by atoms with E-state index in [0.717, 1.165) is 11.3 Å². The van der Waals surface area contributed by atoms with Crippen LogP contribution in [0.3, 0.4) is 0 Å². The van der Waals surface area contributed by atoms with Gasteiger partial charge in [-0.15, -0.1) is 0 Å². The molecule has 3 heterocycles. The Kier molecular flexibility index (Phi) is 5.41. The number of carbonyl (C=O) groups is 1. The highest BCUT2D eigenvalue weighted by Gasteiger charge is 2.36. The third kappa shape index (κ3) is 3.37. The Hall–Kier alpha value is -2.61. The Morgan fingerprint density at radius 2 is 2.19 bits per heavy atom. The largest absolute Gasteiger partial charge is 0.463 e. The second-order valence-electron chi connectivity index (χ2n) is 5.67. The van der Waals surface area contributed by atoms with Gasteiger partial charge in [-0.3, -0.25) is 9.78 Å². The van der Waals surface area contributed by atoms with Gasteiger partial charge in [-0.1, -0.05) is 24.8 Å². The molecule has 26 heavy (non-hydrogen) atoms. The van der Waals surface area contributed by atoms with Gasteiger partial charge in [0.25, 0.3) is 5.56 Å². The molecule has 0 radical (unpaired) electrons. The summed E-state index contributed by atoms with van der Waals surface area (Å²) in [6, 6.07) is 3.62. The summed E-state index contributed by atoms with van der Waals surface area (Å²) < 4.78 is 5.23. The van der Waals surface area contributed by atoms with Crippen molar-refractivity contribution in [2.24, 2.45) is 0 Å². The number of ether oxygens (including phenoxy) is 1. The van der Waals surface area contributed by atoms with Crippen molar-refractivity contribution >= 4 is 23.5 Å². The molecule has 0 saturated carbocycles. The number of nitrogens with one attached hydrogen (secondary N) is 2. The lowest BCUT2D eigenvalue weighted by Crippen LogP contribution is -2.31. The number of carbonyl (C=O) groups excluding carboxylic acids is 1. The third-order valence-electron chi connectivity index (χ3n) is 4.01. The number of H-pyrrole nitrogens is 1. The Morgan fingerprint density at radius 3 is 2.85 bits per heavy atom. The van der Waals surface area contributed by atoms with Gasteiger partial charge in [-0.2, -0.15) is 0 Å². The van der Waals surface area contributed by atoms with Gasteiger partial charge in [0, 0.05) is 18.1 Å². The first-order valence-electron chi connectivity index (χ1n) is 8.38. The van der Waals surface area contributed by atoms with E-state index in [1.54, 1.807) is 32.3 Å². The van der Waals surface area contributed by atoms with Crippen molar-refractivity contribution in [2.45, 2.75) is 31.8 Å². The van der Waals surface area contributed by atoms with Crippen molar-refractivity contribution in [3.8, 4) is 0 Å². The van der Waals surface area contributed by atoms with Crippen LogP contribution in [0.5, 0.6) is 0 Å². The normalized spacial score (nSPS) is 16.0. The molecule has 1 aliphatic heterocycles. The number of fused-ring (bicyclic) bond motifs is 1. The highest BCUT2D eigenvalue weighted by Crippen LogP contribution is 2.39. The molecule has 136 valence electrons. The summed E-state index contributed by atoms with van der Waals surface area (Å²) in [6.45, 7) is 5.77. The maximum Gasteiger partial charge on any atom is 0.336 e. The Labute approximate surface area is 155 Å². The molecule has 0 saturated heterocycles. The first kappa shape index (κ1) is 18.2. The van der Waals surface area contributed by atoms with Crippen LogP contribution >= 0.6 is 11.8 Å². The SMILES string of the molecule is CCOC(=O)C1=C(C)Nc2nc(SCC)[nH]c(=O)c2[C@H]1c1cccnc1. The van der Waals surface area contributed by atoms with E-state index in [9.17, 15) is 9.59 Å². The van der Waals surface area contributed by atoms with Crippen LogP contribution in [0.2, 0.25) is 0 Å². The van der Waals surface area contributed by atoms with Crippen LogP contribution < -0.4 is 10.9 Å². The first-order valence-corrected chi connectivity index (χ1v) is 9.37. The summed E-state index contributed by atoms with van der Waals surface area (Å²) in [6.07, 6.45) is 3.30. The molecule has 1 aliphatic rings. The number of hydrogen-bond acceptors (Lipinski definition) is 7. The number of allylic oxidation sites excluding steroid dienone is 1. The van der Waals surface area contributed by atoms with Gasteiger partial charge in [-0.05, 0) is 31.2 Å². The molecule has 0 unspecified atom stereocenters. The van der Waals surface area contributed by atoms with Crippen LogP contribution in [-0.4, -0.2) is 33.3 Å². The van der Waals surface area contributed by atoms with Gasteiger partial charge < -0.3 is 15.0 Å². The minimum atomic E-state index is -0.587. The molecule has 0 aromatic carbocycles. The number of aromatic amines is 1. The van der Waals surface area contributed by atoms with Gasteiger partial charge in [0.2, 0.25) is 0 Å². The zero-order valence-electron chi connectivity index (χ0n) is 14.8. The standard InChI is InChI=1S/C18H20N4O3S/c1-4-25-17(24)12-10(3)20-15-14(13(12)11-7-6-8-19-9-11)16(23)22-18(21-15)26-5-2/h6-9,13H,4-5H2,1-3H3,(H2,20,21,22,23)/t13-/m0/s1. The average Bonchev–Trinajstić information content (AvgIpc) is 2.61. The molecule has 8 heteroatoms. The predicted molar refractivity (Wildman–Crippen MR) is 100 cm³/mol. The fourth-order valence-corrected chi connectivity index (χ4v) is 3.59. The molecule has 2 N–H and O–H groups in total. The monoisotopic (exact) mass is 372 g/mol. The highest BCUT2D eigenvalue weighted by molar-refractivity contribution is 7.99. The van der Waals surface area contributed by atoms with Crippen LogP contribution in [0.1, 0.15) is 37.8 Å². The number of esters is 1. The van der Waals surface area contributed by atoms with E-state index < -0.39 is 11.9 Å². The predicted octanol–water partition coefficient (Wildman–Crippen LogP) is 2.67. The molecule has 1 atom stereocenters. The van der Waals surface area contributed by atoms with E-state index in [0.29, 0.717) is 27.8 Å². The maximum absolute atomic E-state index is 12.8. The van der Waals surface area contributed by atoms with Crippen LogP contribution in [0.15, 0.2) is 45.7 Å². The number of rotatable bonds is 5. The number of aromatic nitrogens is 3. The number of thioether (sulfide) groups is 1. The van der Waals surface area contributed by atoms with Crippen molar-refractivity contribution < 1.29 is 9.53 Å². The van der Waals surface area contributed by atoms with E-state index in [-0.39, 0.29) is 12.2 Å². The van der Waals surface area contributed by atoms with E-state index in [1.165, 1.54) is 11.8 Å². The number of pyridine rings is 1. The fourth-order valence-electron chi connectivity index (χ4n) is 3.00. The minimum Gasteiger partial charge on any atom is -0.463 e. The Bertz CT molecular complexity index is 908. The lowest BCUT2D eigenvalue weighted by molar-refractivity contribution is -0.138. The summed E-state index contributed by atoms with van der Waals surface area (Å²) in [5.41, 5.74) is 1.88. The topological polar surface area (TPSA) is 97.0 Å². The third-order valence-corrected chi connectivity index (χ3v) is 4.77. The maximum atomic E-state index is 12.8. The Morgan fingerprint density at radius 1 is 1.38 bits per heavy atom.